The number of ether oxygens (including phenoxy) is 3. The first-order valence-corrected chi connectivity index (χ1v) is 28.5. The second-order valence-electron chi connectivity index (χ2n) is 19.2. The first-order chi connectivity index (χ1) is 32.0. The number of esters is 3. The van der Waals surface area contributed by atoms with E-state index in [1.165, 1.54) is 180 Å². The van der Waals surface area contributed by atoms with E-state index in [2.05, 4.69) is 57.2 Å². The fourth-order valence-corrected chi connectivity index (χ4v) is 8.30. The van der Waals surface area contributed by atoms with Crippen molar-refractivity contribution >= 4 is 17.9 Å². The molecule has 0 aliphatic carbocycles. The van der Waals surface area contributed by atoms with Crippen LogP contribution in [-0.2, 0) is 28.6 Å². The predicted molar refractivity (Wildman–Crippen MR) is 279 cm³/mol. The smallest absolute Gasteiger partial charge is 0.306 e. The van der Waals surface area contributed by atoms with E-state index in [1.807, 2.05) is 0 Å². The average molecular weight is 914 g/mol. The van der Waals surface area contributed by atoms with Crippen molar-refractivity contribution in [3.05, 3.63) is 36.5 Å². The zero-order chi connectivity index (χ0) is 47.2. The van der Waals surface area contributed by atoms with Gasteiger partial charge in [0.15, 0.2) is 6.10 Å². The van der Waals surface area contributed by atoms with E-state index in [0.717, 1.165) is 83.5 Å². The van der Waals surface area contributed by atoms with Crippen LogP contribution in [0.1, 0.15) is 303 Å². The molecule has 65 heavy (non-hydrogen) atoms. The first-order valence-electron chi connectivity index (χ1n) is 28.5. The zero-order valence-electron chi connectivity index (χ0n) is 43.5. The highest BCUT2D eigenvalue weighted by molar-refractivity contribution is 5.71. The van der Waals surface area contributed by atoms with E-state index < -0.39 is 6.10 Å². The molecule has 0 radical (unpaired) electrons. The molecule has 1 unspecified atom stereocenters. The lowest BCUT2D eigenvalue weighted by Gasteiger charge is -2.18. The molecule has 0 N–H and O–H groups in total. The number of hydrogen-bond acceptors (Lipinski definition) is 6. The Morgan fingerprint density at radius 3 is 0.908 bits per heavy atom. The third-order valence-electron chi connectivity index (χ3n) is 12.6. The van der Waals surface area contributed by atoms with Crippen molar-refractivity contribution in [3.8, 4) is 0 Å². The lowest BCUT2D eigenvalue weighted by atomic mass is 10.0. The van der Waals surface area contributed by atoms with Crippen molar-refractivity contribution in [1.82, 2.24) is 0 Å². The molecule has 0 aromatic heterocycles. The molecule has 0 spiro atoms. The van der Waals surface area contributed by atoms with Gasteiger partial charge in [0.05, 0.1) is 0 Å². The van der Waals surface area contributed by atoms with E-state index in [-0.39, 0.29) is 31.1 Å². The molecule has 1 atom stereocenters. The number of unbranched alkanes of at least 4 members (excludes halogenated alkanes) is 36. The summed E-state index contributed by atoms with van der Waals surface area (Å²) in [6, 6.07) is 0. The first kappa shape index (κ1) is 62.6. The van der Waals surface area contributed by atoms with Gasteiger partial charge in [-0.05, 0) is 64.2 Å². The molecule has 0 aliphatic rings. The third kappa shape index (κ3) is 52.5. The van der Waals surface area contributed by atoms with Crippen LogP contribution in [0.5, 0.6) is 0 Å². The van der Waals surface area contributed by atoms with Crippen molar-refractivity contribution in [2.24, 2.45) is 0 Å². The molecule has 0 saturated heterocycles. The lowest BCUT2D eigenvalue weighted by molar-refractivity contribution is -0.167. The van der Waals surface area contributed by atoms with Gasteiger partial charge in [-0.3, -0.25) is 14.4 Å². The molecule has 0 bridgehead atoms. The van der Waals surface area contributed by atoms with Gasteiger partial charge in [0.2, 0.25) is 0 Å². The molecule has 0 aromatic carbocycles. The molecule has 0 aromatic rings. The normalized spacial score (nSPS) is 12.2. The molecule has 0 rings (SSSR count). The highest BCUT2D eigenvalue weighted by Crippen LogP contribution is 2.16. The van der Waals surface area contributed by atoms with Gasteiger partial charge in [-0.15, -0.1) is 0 Å². The molecule has 0 heterocycles. The fourth-order valence-electron chi connectivity index (χ4n) is 8.30. The van der Waals surface area contributed by atoms with Gasteiger partial charge >= 0.3 is 17.9 Å². The van der Waals surface area contributed by atoms with Crippen LogP contribution >= 0.6 is 0 Å². The SMILES string of the molecule is CCCC/C=C\CCCCCCCC(=O)OCC(COC(=O)CCCCCCC/C=C\C=C/CCCCCCCCC)OC(=O)CCCCCCCCCCCCCCCCCCCC. The summed E-state index contributed by atoms with van der Waals surface area (Å²) < 4.78 is 16.8. The van der Waals surface area contributed by atoms with Crippen LogP contribution in [0.2, 0.25) is 0 Å². The van der Waals surface area contributed by atoms with E-state index in [1.54, 1.807) is 0 Å². The molecule has 6 heteroatoms. The Morgan fingerprint density at radius 1 is 0.308 bits per heavy atom. The Balaban J connectivity index is 4.33. The quantitative estimate of drug-likeness (QED) is 0.0199. The minimum Gasteiger partial charge on any atom is -0.462 e. The highest BCUT2D eigenvalue weighted by Gasteiger charge is 2.19. The van der Waals surface area contributed by atoms with Crippen LogP contribution in [0.15, 0.2) is 36.5 Å². The minimum atomic E-state index is -0.778. The van der Waals surface area contributed by atoms with Crippen molar-refractivity contribution in [2.75, 3.05) is 13.2 Å². The van der Waals surface area contributed by atoms with E-state index in [9.17, 15) is 14.4 Å². The van der Waals surface area contributed by atoms with Crippen LogP contribution in [-0.4, -0.2) is 37.2 Å². The van der Waals surface area contributed by atoms with Gasteiger partial charge in [-0.2, -0.15) is 0 Å². The molecule has 0 saturated carbocycles. The van der Waals surface area contributed by atoms with Crippen LogP contribution in [0.4, 0.5) is 0 Å². The van der Waals surface area contributed by atoms with Crippen LogP contribution < -0.4 is 0 Å². The Labute approximate surface area is 404 Å². The molecular formula is C59H108O6. The number of allylic oxidation sites excluding steroid dienone is 6. The Bertz CT molecular complexity index is 1090. The van der Waals surface area contributed by atoms with E-state index in [0.29, 0.717) is 19.3 Å². The zero-order valence-corrected chi connectivity index (χ0v) is 43.5. The summed E-state index contributed by atoms with van der Waals surface area (Å²) in [5, 5.41) is 0. The molecule has 380 valence electrons. The lowest BCUT2D eigenvalue weighted by Crippen LogP contribution is -2.30. The Hall–Kier alpha value is -2.37. The second-order valence-corrected chi connectivity index (χ2v) is 19.2. The van der Waals surface area contributed by atoms with Crippen LogP contribution in [0.25, 0.3) is 0 Å². The monoisotopic (exact) mass is 913 g/mol. The number of carbonyl (C=O) groups excluding carboxylic acids is 3. The summed E-state index contributed by atoms with van der Waals surface area (Å²) in [5.41, 5.74) is 0. The van der Waals surface area contributed by atoms with Gasteiger partial charge in [-0.25, -0.2) is 0 Å². The number of carbonyl (C=O) groups is 3. The van der Waals surface area contributed by atoms with Gasteiger partial charge in [0.25, 0.3) is 0 Å². The minimum absolute atomic E-state index is 0.0786. The average Bonchev–Trinajstić information content (AvgIpc) is 3.30. The predicted octanol–water partition coefficient (Wildman–Crippen LogP) is 18.9. The van der Waals surface area contributed by atoms with Crippen molar-refractivity contribution < 1.29 is 28.6 Å². The van der Waals surface area contributed by atoms with Crippen molar-refractivity contribution in [1.29, 1.82) is 0 Å². The number of hydrogen-bond donors (Lipinski definition) is 0. The standard InChI is InChI=1S/C59H108O6/c1-4-7-10-13-16-19-22-24-26-28-30-32-34-37-40-43-46-49-52-58(61)64-55-56(54-63-57(60)51-48-45-42-39-36-21-18-15-12-9-6-3)65-59(62)53-50-47-44-41-38-35-33-31-29-27-25-23-20-17-14-11-8-5-2/h15,18,26,28,30,32,56H,4-14,16-17,19-25,27,29,31,33-55H2,1-3H3/b18-15-,28-26-,32-30-. The second kappa shape index (κ2) is 54.2. The maximum absolute atomic E-state index is 12.8. The van der Waals surface area contributed by atoms with Gasteiger partial charge in [0.1, 0.15) is 13.2 Å². The van der Waals surface area contributed by atoms with Crippen LogP contribution in [0, 0.1) is 0 Å². The van der Waals surface area contributed by atoms with Crippen molar-refractivity contribution in [2.45, 2.75) is 309 Å². The highest BCUT2D eigenvalue weighted by atomic mass is 16.6. The summed E-state index contributed by atoms with van der Waals surface area (Å²) in [7, 11) is 0. The van der Waals surface area contributed by atoms with Crippen LogP contribution in [0.3, 0.4) is 0 Å². The Kier molecular flexibility index (Phi) is 52.3. The summed E-state index contributed by atoms with van der Waals surface area (Å²) in [5.74, 6) is -0.887. The summed E-state index contributed by atoms with van der Waals surface area (Å²) in [6.45, 7) is 6.61. The molecule has 0 fully saturated rings. The molecule has 0 amide bonds. The van der Waals surface area contributed by atoms with E-state index in [4.69, 9.17) is 14.2 Å². The molecular weight excluding hydrogens is 805 g/mol. The molecule has 6 nitrogen and oxygen atoms in total. The van der Waals surface area contributed by atoms with Crippen molar-refractivity contribution in [3.63, 3.8) is 0 Å². The largest absolute Gasteiger partial charge is 0.462 e. The Morgan fingerprint density at radius 2 is 0.569 bits per heavy atom. The molecule has 0 aliphatic heterocycles. The summed E-state index contributed by atoms with van der Waals surface area (Å²) in [6.07, 6.45) is 64.2. The van der Waals surface area contributed by atoms with Gasteiger partial charge < -0.3 is 14.2 Å². The number of rotatable bonds is 52. The maximum Gasteiger partial charge on any atom is 0.306 e. The fraction of sp³-hybridized carbons (Fsp3) is 0.847. The van der Waals surface area contributed by atoms with E-state index >= 15 is 0 Å². The summed E-state index contributed by atoms with van der Waals surface area (Å²) in [4.78, 5) is 38.1. The summed E-state index contributed by atoms with van der Waals surface area (Å²) >= 11 is 0. The topological polar surface area (TPSA) is 78.9 Å². The third-order valence-corrected chi connectivity index (χ3v) is 12.6. The maximum atomic E-state index is 12.8. The van der Waals surface area contributed by atoms with Gasteiger partial charge in [0, 0.05) is 19.3 Å². The van der Waals surface area contributed by atoms with Gasteiger partial charge in [-0.1, -0.05) is 256 Å².